The second-order valence-electron chi connectivity index (χ2n) is 3.43. The number of hydrogen-bond acceptors (Lipinski definition) is 2. The van der Waals surface area contributed by atoms with Crippen molar-refractivity contribution >= 4 is 22.6 Å². The minimum Gasteiger partial charge on any atom is -0.268 e. The molecular weight excluding hydrogens is 303 g/mol. The van der Waals surface area contributed by atoms with Gasteiger partial charge in [0.05, 0.1) is 17.9 Å². The lowest BCUT2D eigenvalue weighted by Gasteiger charge is -2.04. The van der Waals surface area contributed by atoms with Crippen LogP contribution in [0.25, 0.3) is 0 Å². The zero-order valence-electron chi connectivity index (χ0n) is 8.81. The van der Waals surface area contributed by atoms with Crippen molar-refractivity contribution in [1.29, 1.82) is 0 Å². The third kappa shape index (κ3) is 2.39. The van der Waals surface area contributed by atoms with E-state index in [0.717, 1.165) is 22.5 Å². The largest absolute Gasteiger partial charge is 0.268 e. The van der Waals surface area contributed by atoms with Crippen molar-refractivity contribution in [3.8, 4) is 0 Å². The van der Waals surface area contributed by atoms with Crippen molar-refractivity contribution < 1.29 is 0 Å². The van der Waals surface area contributed by atoms with Gasteiger partial charge in [0, 0.05) is 12.7 Å². The highest BCUT2D eigenvalue weighted by Crippen LogP contribution is 2.07. The minimum atomic E-state index is 0.789. The standard InChI is InChI=1S/C10H13IN4/c1-3-15-9(6-8(2)12-15)7-14-5-4-10(11)13-14/h4-6H,3,7H2,1-2H3. The highest BCUT2D eigenvalue weighted by molar-refractivity contribution is 14.1. The van der Waals surface area contributed by atoms with Gasteiger partial charge in [-0.25, -0.2) is 0 Å². The first-order chi connectivity index (χ1) is 7.19. The van der Waals surface area contributed by atoms with Gasteiger partial charge in [0.15, 0.2) is 0 Å². The molecule has 4 nitrogen and oxygen atoms in total. The minimum absolute atomic E-state index is 0.789. The van der Waals surface area contributed by atoms with Crippen LogP contribution in [0.15, 0.2) is 18.3 Å². The van der Waals surface area contributed by atoms with Crippen LogP contribution in [0, 0.1) is 10.6 Å². The maximum Gasteiger partial charge on any atom is 0.123 e. The van der Waals surface area contributed by atoms with Gasteiger partial charge >= 0.3 is 0 Å². The van der Waals surface area contributed by atoms with Gasteiger partial charge in [-0.15, -0.1) is 0 Å². The van der Waals surface area contributed by atoms with Crippen LogP contribution in [0.1, 0.15) is 18.3 Å². The molecule has 0 amide bonds. The molecule has 0 bridgehead atoms. The predicted molar refractivity (Wildman–Crippen MR) is 66.7 cm³/mol. The van der Waals surface area contributed by atoms with E-state index in [1.165, 1.54) is 5.69 Å². The highest BCUT2D eigenvalue weighted by atomic mass is 127. The summed E-state index contributed by atoms with van der Waals surface area (Å²) < 4.78 is 4.97. The van der Waals surface area contributed by atoms with E-state index in [1.54, 1.807) is 0 Å². The monoisotopic (exact) mass is 316 g/mol. The summed E-state index contributed by atoms with van der Waals surface area (Å²) in [4.78, 5) is 0. The van der Waals surface area contributed by atoms with Crippen LogP contribution in [-0.2, 0) is 13.1 Å². The summed E-state index contributed by atoms with van der Waals surface area (Å²) in [7, 11) is 0. The Kier molecular flexibility index (Phi) is 3.08. The third-order valence-electron chi connectivity index (χ3n) is 2.22. The van der Waals surface area contributed by atoms with E-state index in [-0.39, 0.29) is 0 Å². The maximum absolute atomic E-state index is 4.41. The lowest BCUT2D eigenvalue weighted by Crippen LogP contribution is -2.08. The molecule has 0 saturated heterocycles. The molecule has 0 aliphatic heterocycles. The summed E-state index contributed by atoms with van der Waals surface area (Å²) in [5.74, 6) is 0. The Morgan fingerprint density at radius 2 is 2.20 bits per heavy atom. The maximum atomic E-state index is 4.41. The topological polar surface area (TPSA) is 35.6 Å². The summed E-state index contributed by atoms with van der Waals surface area (Å²) >= 11 is 2.21. The molecule has 2 aromatic heterocycles. The second-order valence-corrected chi connectivity index (χ2v) is 4.53. The van der Waals surface area contributed by atoms with Gasteiger partial charge in [-0.3, -0.25) is 9.36 Å². The molecule has 15 heavy (non-hydrogen) atoms. The highest BCUT2D eigenvalue weighted by Gasteiger charge is 2.05. The number of hydrogen-bond donors (Lipinski definition) is 0. The molecule has 0 radical (unpaired) electrons. The van der Waals surface area contributed by atoms with Gasteiger partial charge in [-0.1, -0.05) is 0 Å². The van der Waals surface area contributed by atoms with Crippen molar-refractivity contribution in [2.45, 2.75) is 26.9 Å². The SMILES string of the molecule is CCn1nc(C)cc1Cn1ccc(I)n1. The molecule has 0 saturated carbocycles. The molecule has 0 spiro atoms. The van der Waals surface area contributed by atoms with Crippen molar-refractivity contribution in [1.82, 2.24) is 19.6 Å². The Hall–Kier alpha value is -0.850. The fourth-order valence-corrected chi connectivity index (χ4v) is 2.03. The van der Waals surface area contributed by atoms with E-state index in [4.69, 9.17) is 0 Å². The predicted octanol–water partition coefficient (Wildman–Crippen LogP) is 2.06. The first-order valence-corrected chi connectivity index (χ1v) is 5.99. The molecule has 2 heterocycles. The first kappa shape index (κ1) is 10.7. The Morgan fingerprint density at radius 3 is 2.80 bits per heavy atom. The van der Waals surface area contributed by atoms with Crippen LogP contribution in [0.2, 0.25) is 0 Å². The van der Waals surface area contributed by atoms with Gasteiger partial charge in [-0.05, 0) is 48.6 Å². The second kappa shape index (κ2) is 4.34. The normalized spacial score (nSPS) is 10.9. The molecular formula is C10H13IN4. The van der Waals surface area contributed by atoms with E-state index in [9.17, 15) is 0 Å². The quantitative estimate of drug-likeness (QED) is 0.813. The van der Waals surface area contributed by atoms with Crippen LogP contribution in [-0.4, -0.2) is 19.6 Å². The number of rotatable bonds is 3. The van der Waals surface area contributed by atoms with Gasteiger partial charge in [0.2, 0.25) is 0 Å². The van der Waals surface area contributed by atoms with Crippen molar-refractivity contribution in [3.63, 3.8) is 0 Å². The van der Waals surface area contributed by atoms with E-state index in [2.05, 4.69) is 45.8 Å². The van der Waals surface area contributed by atoms with Crippen LogP contribution in [0.4, 0.5) is 0 Å². The van der Waals surface area contributed by atoms with Crippen molar-refractivity contribution in [3.05, 3.63) is 33.4 Å². The summed E-state index contributed by atoms with van der Waals surface area (Å²) in [6.07, 6.45) is 1.99. The summed E-state index contributed by atoms with van der Waals surface area (Å²) in [5, 5.41) is 8.76. The molecule has 0 aliphatic carbocycles. The number of halogens is 1. The molecule has 0 atom stereocenters. The molecule has 0 fully saturated rings. The summed E-state index contributed by atoms with van der Waals surface area (Å²) in [6.45, 7) is 5.81. The average Bonchev–Trinajstić information content (AvgIpc) is 2.73. The van der Waals surface area contributed by atoms with Gasteiger partial charge in [0.25, 0.3) is 0 Å². The van der Waals surface area contributed by atoms with E-state index in [0.29, 0.717) is 0 Å². The molecule has 0 N–H and O–H groups in total. The lowest BCUT2D eigenvalue weighted by molar-refractivity contribution is 0.574. The summed E-state index contributed by atoms with van der Waals surface area (Å²) in [5.41, 5.74) is 2.27. The Morgan fingerprint density at radius 1 is 1.40 bits per heavy atom. The van der Waals surface area contributed by atoms with Crippen molar-refractivity contribution in [2.24, 2.45) is 0 Å². The fourth-order valence-electron chi connectivity index (χ4n) is 1.59. The van der Waals surface area contributed by atoms with Crippen LogP contribution in [0.5, 0.6) is 0 Å². The molecule has 2 rings (SSSR count). The van der Waals surface area contributed by atoms with Crippen LogP contribution >= 0.6 is 22.6 Å². The Labute approximate surface area is 102 Å². The zero-order valence-corrected chi connectivity index (χ0v) is 11.0. The molecule has 2 aromatic rings. The smallest absolute Gasteiger partial charge is 0.123 e. The number of aryl methyl sites for hydroxylation is 2. The van der Waals surface area contributed by atoms with Gasteiger partial charge in [0.1, 0.15) is 3.70 Å². The molecule has 5 heteroatoms. The van der Waals surface area contributed by atoms with Gasteiger partial charge in [-0.2, -0.15) is 10.2 Å². The third-order valence-corrected chi connectivity index (χ3v) is 2.79. The van der Waals surface area contributed by atoms with Crippen molar-refractivity contribution in [2.75, 3.05) is 0 Å². The number of aromatic nitrogens is 4. The Balaban J connectivity index is 2.23. The van der Waals surface area contributed by atoms with E-state index in [1.807, 2.05) is 28.6 Å². The van der Waals surface area contributed by atoms with E-state index < -0.39 is 0 Å². The molecule has 0 aliphatic rings. The van der Waals surface area contributed by atoms with Crippen LogP contribution in [0.3, 0.4) is 0 Å². The lowest BCUT2D eigenvalue weighted by atomic mass is 10.3. The Bertz CT molecular complexity index is 458. The first-order valence-electron chi connectivity index (χ1n) is 4.91. The fraction of sp³-hybridized carbons (Fsp3) is 0.400. The summed E-state index contributed by atoms with van der Waals surface area (Å²) in [6, 6.07) is 4.11. The molecule has 0 unspecified atom stereocenters. The van der Waals surface area contributed by atoms with Gasteiger partial charge < -0.3 is 0 Å². The van der Waals surface area contributed by atoms with Crippen LogP contribution < -0.4 is 0 Å². The number of nitrogens with zero attached hydrogens (tertiary/aromatic N) is 4. The molecule has 80 valence electrons. The zero-order chi connectivity index (χ0) is 10.8. The van der Waals surface area contributed by atoms with E-state index >= 15 is 0 Å². The average molecular weight is 316 g/mol. The molecule has 0 aromatic carbocycles.